The molecule has 16 heavy (non-hydrogen) atoms. The molecule has 0 bridgehead atoms. The van der Waals surface area contributed by atoms with Crippen LogP contribution in [0.3, 0.4) is 0 Å². The molecule has 3 heteroatoms. The van der Waals surface area contributed by atoms with Crippen molar-refractivity contribution in [2.45, 2.75) is 20.0 Å². The molecule has 0 spiro atoms. The summed E-state index contributed by atoms with van der Waals surface area (Å²) < 4.78 is 13.7. The van der Waals surface area contributed by atoms with E-state index in [4.69, 9.17) is 0 Å². The Balaban J connectivity index is 2.94. The molecule has 0 saturated heterocycles. The molecule has 0 amide bonds. The summed E-state index contributed by atoms with van der Waals surface area (Å²) in [6.45, 7) is 7.93. The van der Waals surface area contributed by atoms with Gasteiger partial charge in [-0.25, -0.2) is 4.39 Å². The fourth-order valence-corrected chi connectivity index (χ4v) is 1.58. The van der Waals surface area contributed by atoms with E-state index < -0.39 is 6.10 Å². The number of rotatable bonds is 4. The molecule has 1 N–H and O–H groups in total. The minimum atomic E-state index is -0.644. The summed E-state index contributed by atoms with van der Waals surface area (Å²) >= 11 is 0. The lowest BCUT2D eigenvalue weighted by molar-refractivity contribution is 0.199. The lowest BCUT2D eigenvalue weighted by Gasteiger charge is -2.20. The van der Waals surface area contributed by atoms with Crippen LogP contribution in [0.5, 0.6) is 0 Å². The van der Waals surface area contributed by atoms with Crippen LogP contribution in [0.4, 0.5) is 10.1 Å². The highest BCUT2D eigenvalue weighted by Gasteiger charge is 2.10. The Labute approximate surface area is 96.0 Å². The lowest BCUT2D eigenvalue weighted by atomic mass is 10.1. The van der Waals surface area contributed by atoms with Crippen LogP contribution in [-0.4, -0.2) is 18.7 Å². The van der Waals surface area contributed by atoms with Crippen molar-refractivity contribution in [3.8, 4) is 0 Å². The number of aliphatic hydroxyl groups is 1. The van der Waals surface area contributed by atoms with Crippen LogP contribution in [-0.2, 0) is 0 Å². The number of hydrogen-bond acceptors (Lipinski definition) is 2. The third kappa shape index (κ3) is 3.07. The van der Waals surface area contributed by atoms with E-state index in [2.05, 4.69) is 6.58 Å². The highest BCUT2D eigenvalue weighted by atomic mass is 19.1. The van der Waals surface area contributed by atoms with Gasteiger partial charge < -0.3 is 10.0 Å². The number of aliphatic hydroxyl groups excluding tert-OH is 1. The van der Waals surface area contributed by atoms with E-state index in [0.717, 1.165) is 5.57 Å². The standard InChI is InChI=1S/C13H18FNO/c1-9(2)8-15(4)13-6-5-11(10(3)16)7-12(13)14/h5-7,10,16H,1,8H2,2-4H3/t10-/m1/s1. The predicted octanol–water partition coefficient (Wildman–Crippen LogP) is 2.89. The number of anilines is 1. The highest BCUT2D eigenvalue weighted by molar-refractivity contribution is 5.49. The van der Waals surface area contributed by atoms with E-state index in [1.165, 1.54) is 6.07 Å². The largest absolute Gasteiger partial charge is 0.389 e. The van der Waals surface area contributed by atoms with Crippen molar-refractivity contribution in [1.29, 1.82) is 0 Å². The summed E-state index contributed by atoms with van der Waals surface area (Å²) in [7, 11) is 1.81. The van der Waals surface area contributed by atoms with E-state index in [-0.39, 0.29) is 5.82 Å². The second kappa shape index (κ2) is 5.12. The van der Waals surface area contributed by atoms with Crippen LogP contribution in [0.1, 0.15) is 25.5 Å². The molecule has 1 aromatic rings. The van der Waals surface area contributed by atoms with Gasteiger partial charge in [0.15, 0.2) is 0 Å². The average molecular weight is 223 g/mol. The van der Waals surface area contributed by atoms with Gasteiger partial charge in [0.1, 0.15) is 5.82 Å². The maximum absolute atomic E-state index is 13.7. The summed E-state index contributed by atoms with van der Waals surface area (Å²) in [5.41, 5.74) is 2.08. The summed E-state index contributed by atoms with van der Waals surface area (Å²) in [5, 5.41) is 9.33. The normalized spacial score (nSPS) is 12.3. The molecule has 2 nitrogen and oxygen atoms in total. The number of likely N-dealkylation sites (N-methyl/N-ethyl adjacent to an activating group) is 1. The summed E-state index contributed by atoms with van der Waals surface area (Å²) in [6, 6.07) is 4.78. The Morgan fingerprint density at radius 2 is 2.19 bits per heavy atom. The van der Waals surface area contributed by atoms with Gasteiger partial charge in [0, 0.05) is 13.6 Å². The SMILES string of the molecule is C=C(C)CN(C)c1ccc([C@@H](C)O)cc1F. The van der Waals surface area contributed by atoms with E-state index in [9.17, 15) is 9.50 Å². The van der Waals surface area contributed by atoms with Crippen molar-refractivity contribution >= 4 is 5.69 Å². The quantitative estimate of drug-likeness (QED) is 0.793. The first-order chi connectivity index (χ1) is 7.41. The molecule has 0 heterocycles. The first-order valence-electron chi connectivity index (χ1n) is 5.25. The molecule has 0 radical (unpaired) electrons. The molecule has 1 aromatic carbocycles. The van der Waals surface area contributed by atoms with Crippen molar-refractivity contribution in [2.24, 2.45) is 0 Å². The Morgan fingerprint density at radius 1 is 1.56 bits per heavy atom. The van der Waals surface area contributed by atoms with Crippen molar-refractivity contribution < 1.29 is 9.50 Å². The van der Waals surface area contributed by atoms with Crippen molar-refractivity contribution in [1.82, 2.24) is 0 Å². The van der Waals surface area contributed by atoms with Gasteiger partial charge in [-0.3, -0.25) is 0 Å². The second-order valence-corrected chi connectivity index (χ2v) is 4.20. The van der Waals surface area contributed by atoms with Gasteiger partial charge in [-0.1, -0.05) is 18.2 Å². The van der Waals surface area contributed by atoms with E-state index in [1.54, 1.807) is 24.0 Å². The zero-order valence-corrected chi connectivity index (χ0v) is 10.00. The monoisotopic (exact) mass is 223 g/mol. The maximum atomic E-state index is 13.7. The van der Waals surface area contributed by atoms with Crippen LogP contribution < -0.4 is 4.90 Å². The zero-order chi connectivity index (χ0) is 12.3. The molecule has 0 saturated carbocycles. The summed E-state index contributed by atoms with van der Waals surface area (Å²) in [5.74, 6) is -0.317. The molecular weight excluding hydrogens is 205 g/mol. The lowest BCUT2D eigenvalue weighted by Crippen LogP contribution is -2.20. The van der Waals surface area contributed by atoms with Crippen molar-refractivity contribution in [3.63, 3.8) is 0 Å². The second-order valence-electron chi connectivity index (χ2n) is 4.20. The average Bonchev–Trinajstić information content (AvgIpc) is 2.15. The molecule has 1 atom stereocenters. The number of benzene rings is 1. The van der Waals surface area contributed by atoms with E-state index in [1.807, 2.05) is 14.0 Å². The Hall–Kier alpha value is -1.35. The Morgan fingerprint density at radius 3 is 2.62 bits per heavy atom. The molecule has 0 aliphatic rings. The van der Waals surface area contributed by atoms with Crippen LogP contribution in [0.25, 0.3) is 0 Å². The van der Waals surface area contributed by atoms with E-state index in [0.29, 0.717) is 17.8 Å². The zero-order valence-electron chi connectivity index (χ0n) is 10.00. The highest BCUT2D eigenvalue weighted by Crippen LogP contribution is 2.22. The Kier molecular flexibility index (Phi) is 4.07. The summed E-state index contributed by atoms with van der Waals surface area (Å²) in [4.78, 5) is 1.80. The topological polar surface area (TPSA) is 23.5 Å². The Bertz CT molecular complexity index is 388. The smallest absolute Gasteiger partial charge is 0.146 e. The minimum absolute atomic E-state index is 0.317. The van der Waals surface area contributed by atoms with Crippen LogP contribution in [0.15, 0.2) is 30.4 Å². The molecular formula is C13H18FNO. The first kappa shape index (κ1) is 12.7. The molecule has 0 unspecified atom stereocenters. The molecule has 0 aliphatic heterocycles. The van der Waals surface area contributed by atoms with Gasteiger partial charge in [-0.2, -0.15) is 0 Å². The fraction of sp³-hybridized carbons (Fsp3) is 0.385. The number of nitrogens with zero attached hydrogens (tertiary/aromatic N) is 1. The first-order valence-corrected chi connectivity index (χ1v) is 5.25. The van der Waals surface area contributed by atoms with Crippen LogP contribution in [0.2, 0.25) is 0 Å². The van der Waals surface area contributed by atoms with Crippen molar-refractivity contribution in [2.75, 3.05) is 18.5 Å². The fourth-order valence-electron chi connectivity index (χ4n) is 1.58. The van der Waals surface area contributed by atoms with Gasteiger partial charge in [0.25, 0.3) is 0 Å². The summed E-state index contributed by atoms with van der Waals surface area (Å²) in [6.07, 6.45) is -0.644. The van der Waals surface area contributed by atoms with Crippen LogP contribution in [0, 0.1) is 5.82 Å². The molecule has 1 rings (SSSR count). The molecule has 0 aromatic heterocycles. The maximum Gasteiger partial charge on any atom is 0.146 e. The molecule has 0 fully saturated rings. The van der Waals surface area contributed by atoms with Gasteiger partial charge >= 0.3 is 0 Å². The number of halogens is 1. The van der Waals surface area contributed by atoms with Gasteiger partial charge in [0.2, 0.25) is 0 Å². The van der Waals surface area contributed by atoms with E-state index >= 15 is 0 Å². The predicted molar refractivity (Wildman–Crippen MR) is 65.1 cm³/mol. The van der Waals surface area contributed by atoms with Gasteiger partial charge in [-0.15, -0.1) is 0 Å². The molecule has 0 aliphatic carbocycles. The van der Waals surface area contributed by atoms with Gasteiger partial charge in [0.05, 0.1) is 11.8 Å². The third-order valence-electron chi connectivity index (χ3n) is 2.37. The number of hydrogen-bond donors (Lipinski definition) is 1. The van der Waals surface area contributed by atoms with Crippen LogP contribution >= 0.6 is 0 Å². The van der Waals surface area contributed by atoms with Crippen molar-refractivity contribution in [3.05, 3.63) is 41.7 Å². The molecule has 88 valence electrons. The van der Waals surface area contributed by atoms with Gasteiger partial charge in [-0.05, 0) is 31.5 Å². The third-order valence-corrected chi connectivity index (χ3v) is 2.37. The minimum Gasteiger partial charge on any atom is -0.389 e.